The van der Waals surface area contributed by atoms with Crippen LogP contribution in [0.5, 0.6) is 0 Å². The van der Waals surface area contributed by atoms with E-state index in [0.717, 1.165) is 4.90 Å². The molecule has 0 amide bonds. The van der Waals surface area contributed by atoms with Crippen molar-refractivity contribution in [2.24, 2.45) is 0 Å². The molecular weight excluding hydrogens is 621 g/mol. The van der Waals surface area contributed by atoms with Gasteiger partial charge < -0.3 is 13.9 Å². The third-order valence-corrected chi connectivity index (χ3v) is 8.40. The molecule has 8 aromatic carbocycles. The number of rotatable bonds is 6. The summed E-state index contributed by atoms with van der Waals surface area (Å²) in [6.45, 7) is 0. The van der Waals surface area contributed by atoms with Crippen LogP contribution in [-0.4, -0.2) is 4.57 Å². The summed E-state index contributed by atoms with van der Waals surface area (Å²) in [7, 11) is 0. The maximum absolute atomic E-state index is 9.47. The summed E-state index contributed by atoms with van der Waals surface area (Å²) in [5, 5.41) is 1.74. The zero-order chi connectivity index (χ0) is 53.7. The van der Waals surface area contributed by atoms with Crippen LogP contribution in [0.3, 0.4) is 0 Å². The van der Waals surface area contributed by atoms with E-state index >= 15 is 0 Å². The fourth-order valence-electron chi connectivity index (χ4n) is 6.21. The maximum Gasteiger partial charge on any atom is 0.145 e. The molecular formula is C48H32N2O. The van der Waals surface area contributed by atoms with Gasteiger partial charge in [-0.2, -0.15) is 0 Å². The van der Waals surface area contributed by atoms with Gasteiger partial charge in [-0.3, -0.25) is 0 Å². The lowest BCUT2D eigenvalue weighted by Gasteiger charge is -2.26. The minimum atomic E-state index is -0.918. The highest BCUT2D eigenvalue weighted by Crippen LogP contribution is 2.43. The molecule has 0 atom stereocenters. The number of hydrogen-bond donors (Lipinski definition) is 0. The molecule has 0 radical (unpaired) electrons. The van der Waals surface area contributed by atoms with Crippen LogP contribution >= 0.6 is 0 Å². The summed E-state index contributed by atoms with van der Waals surface area (Å²) >= 11 is 0. The molecule has 0 N–H and O–H groups in total. The Morgan fingerprint density at radius 1 is 0.451 bits per heavy atom. The molecule has 10 aromatic rings. The van der Waals surface area contributed by atoms with E-state index in [1.807, 2.05) is 0 Å². The standard InChI is InChI=1S/C48H32N2O/c1-4-12-33(13-5-1)35-20-24-38(25-21-35)49(39-26-22-36(23-27-39)34-14-6-2-7-15-34)40-28-31-46-43(32-40)41-29-30-45-47(48(41)51-46)42-18-10-11-19-44(42)50(45)37-16-8-3-9-17-37/h1-32H/i1D,2D,3D,4D,5D,6D,7D,8D,9D,12D,13D,14D,15D,16D,17D,20D,21D,22D,23D,24D,25D,26D,27D. The first-order valence-electron chi connectivity index (χ1n) is 27.0. The quantitative estimate of drug-likeness (QED) is 0.175. The number of furan rings is 1. The van der Waals surface area contributed by atoms with Gasteiger partial charge in [0.2, 0.25) is 0 Å². The summed E-state index contributed by atoms with van der Waals surface area (Å²) in [5.74, 6) is 0. The fourth-order valence-corrected chi connectivity index (χ4v) is 6.21. The highest BCUT2D eigenvalue weighted by Gasteiger charge is 2.20. The summed E-state index contributed by atoms with van der Waals surface area (Å²) in [5.41, 5.74) is -2.96. The van der Waals surface area contributed by atoms with E-state index in [4.69, 9.17) is 25.0 Å². The summed E-state index contributed by atoms with van der Waals surface area (Å²) in [6.07, 6.45) is 0. The summed E-state index contributed by atoms with van der Waals surface area (Å²) < 4.78 is 209. The molecule has 0 fully saturated rings. The van der Waals surface area contributed by atoms with Gasteiger partial charge in [0.1, 0.15) is 11.2 Å². The first kappa shape index (κ1) is 14.2. The molecule has 0 bridgehead atoms. The van der Waals surface area contributed by atoms with Crippen LogP contribution in [-0.2, 0) is 0 Å². The molecule has 10 rings (SSSR count). The number of anilines is 3. The number of para-hydroxylation sites is 2. The monoisotopic (exact) mass is 675 g/mol. The van der Waals surface area contributed by atoms with Crippen molar-refractivity contribution >= 4 is 60.8 Å². The van der Waals surface area contributed by atoms with Crippen molar-refractivity contribution < 1.29 is 35.9 Å². The molecule has 0 aliphatic carbocycles. The van der Waals surface area contributed by atoms with Gasteiger partial charge in [0.25, 0.3) is 0 Å². The van der Waals surface area contributed by atoms with Crippen LogP contribution in [0.2, 0.25) is 0 Å². The molecule has 2 heterocycles. The van der Waals surface area contributed by atoms with E-state index in [0.29, 0.717) is 32.6 Å². The van der Waals surface area contributed by atoms with Gasteiger partial charge in [-0.05, 0) is 94.9 Å². The molecule has 51 heavy (non-hydrogen) atoms. The lowest BCUT2D eigenvalue weighted by atomic mass is 10.0. The SMILES string of the molecule is [2H]c1c([2H])c([2H])c(-c2c([2H])c([2H])c(N(c3ccc4oc5c(ccc6c5c5ccccc5n6-c5c([2H])c([2H])c([2H])c([2H])c5[2H])c4c3)c3c([2H])c([2H])c(-c4c([2H])c([2H])c([2H])c([2H])c4[2H])c([2H])c3[2H])c([2H])c2[2H])c([2H])c1[2H]. The highest BCUT2D eigenvalue weighted by molar-refractivity contribution is 6.24. The average Bonchev–Trinajstić information content (AvgIpc) is 3.95. The molecule has 0 saturated carbocycles. The molecule has 0 saturated heterocycles. The van der Waals surface area contributed by atoms with Crippen LogP contribution in [0, 0.1) is 0 Å². The van der Waals surface area contributed by atoms with Crippen LogP contribution in [0.4, 0.5) is 17.1 Å². The van der Waals surface area contributed by atoms with Crippen molar-refractivity contribution in [2.45, 2.75) is 0 Å². The summed E-state index contributed by atoms with van der Waals surface area (Å²) in [6, 6.07) is -3.57. The predicted octanol–water partition coefficient (Wildman–Crippen LogP) is 13.5. The van der Waals surface area contributed by atoms with Gasteiger partial charge in [-0.15, -0.1) is 0 Å². The smallest absolute Gasteiger partial charge is 0.145 e. The molecule has 3 nitrogen and oxygen atoms in total. The van der Waals surface area contributed by atoms with Gasteiger partial charge >= 0.3 is 0 Å². The van der Waals surface area contributed by atoms with Crippen molar-refractivity contribution in [1.29, 1.82) is 0 Å². The number of benzene rings is 8. The van der Waals surface area contributed by atoms with Crippen LogP contribution in [0.25, 0.3) is 71.7 Å². The lowest BCUT2D eigenvalue weighted by molar-refractivity contribution is 0.673. The topological polar surface area (TPSA) is 21.3 Å². The van der Waals surface area contributed by atoms with Crippen molar-refractivity contribution in [3.05, 3.63) is 194 Å². The molecule has 0 unspecified atom stereocenters. The lowest BCUT2D eigenvalue weighted by Crippen LogP contribution is -2.09. The number of nitrogens with zero attached hydrogens (tertiary/aromatic N) is 2. The van der Waals surface area contributed by atoms with E-state index in [1.54, 1.807) is 36.4 Å². The molecule has 2 aromatic heterocycles. The van der Waals surface area contributed by atoms with Crippen LogP contribution in [0.1, 0.15) is 31.5 Å². The Balaban J connectivity index is 1.29. The van der Waals surface area contributed by atoms with Crippen molar-refractivity contribution in [3.63, 3.8) is 0 Å². The summed E-state index contributed by atoms with van der Waals surface area (Å²) in [4.78, 5) is 0.917. The fraction of sp³-hybridized carbons (Fsp3) is 0. The first-order chi connectivity index (χ1) is 34.9. The minimum Gasteiger partial charge on any atom is -0.455 e. The van der Waals surface area contributed by atoms with Gasteiger partial charge in [-0.25, -0.2) is 0 Å². The van der Waals surface area contributed by atoms with Gasteiger partial charge in [-0.1, -0.05) is 121 Å². The highest BCUT2D eigenvalue weighted by atomic mass is 16.3. The van der Waals surface area contributed by atoms with E-state index in [-0.39, 0.29) is 22.5 Å². The Morgan fingerprint density at radius 2 is 1.02 bits per heavy atom. The third-order valence-electron chi connectivity index (χ3n) is 8.40. The normalized spacial score (nSPS) is 17.8. The molecule has 0 aliphatic heterocycles. The Kier molecular flexibility index (Phi) is 3.32. The predicted molar refractivity (Wildman–Crippen MR) is 214 cm³/mol. The molecule has 3 heteroatoms. The van der Waals surface area contributed by atoms with Gasteiger partial charge in [0.05, 0.1) is 47.9 Å². The Bertz CT molecular complexity index is 3920. The zero-order valence-electron chi connectivity index (χ0n) is 49.0. The average molecular weight is 676 g/mol. The van der Waals surface area contributed by atoms with Crippen LogP contribution < -0.4 is 4.90 Å². The largest absolute Gasteiger partial charge is 0.455 e. The second-order valence-corrected chi connectivity index (χ2v) is 11.2. The Morgan fingerprint density at radius 3 is 1.65 bits per heavy atom. The van der Waals surface area contributed by atoms with E-state index in [1.165, 1.54) is 22.8 Å². The van der Waals surface area contributed by atoms with Crippen LogP contribution in [0.15, 0.2) is 198 Å². The van der Waals surface area contributed by atoms with Gasteiger partial charge in [0.15, 0.2) is 0 Å². The molecule has 0 aliphatic rings. The van der Waals surface area contributed by atoms with E-state index in [2.05, 4.69) is 0 Å². The number of aromatic nitrogens is 1. The Labute approximate surface area is 328 Å². The van der Waals surface area contributed by atoms with E-state index in [9.17, 15) is 11.0 Å². The van der Waals surface area contributed by atoms with Gasteiger partial charge in [0, 0.05) is 38.9 Å². The second kappa shape index (κ2) is 11.9. The minimum absolute atomic E-state index is 0.116. The van der Waals surface area contributed by atoms with E-state index < -0.39 is 173 Å². The second-order valence-electron chi connectivity index (χ2n) is 11.2. The zero-order valence-corrected chi connectivity index (χ0v) is 26.0. The first-order valence-corrected chi connectivity index (χ1v) is 15.5. The van der Waals surface area contributed by atoms with Crippen molar-refractivity contribution in [3.8, 4) is 27.9 Å². The molecule has 0 spiro atoms. The van der Waals surface area contributed by atoms with Crippen molar-refractivity contribution in [1.82, 2.24) is 4.57 Å². The third kappa shape index (κ3) is 4.90. The number of fused-ring (bicyclic) bond motifs is 7. The Hall–Kier alpha value is -6.84. The van der Waals surface area contributed by atoms with Crippen molar-refractivity contribution in [2.75, 3.05) is 4.90 Å². The maximum atomic E-state index is 9.47. The number of hydrogen-bond acceptors (Lipinski definition) is 2. The molecule has 240 valence electrons.